The Hall–Kier alpha value is -0.390. The summed E-state index contributed by atoms with van der Waals surface area (Å²) in [4.78, 5) is 0. The molecular formula is C11H16BrNO2S. The van der Waals surface area contributed by atoms with Gasteiger partial charge in [0.05, 0.1) is 5.75 Å². The molecule has 16 heavy (non-hydrogen) atoms. The molecule has 1 aromatic rings. The van der Waals surface area contributed by atoms with Crippen molar-refractivity contribution in [3.8, 4) is 0 Å². The zero-order chi connectivity index (χ0) is 12.3. The predicted molar refractivity (Wildman–Crippen MR) is 70.1 cm³/mol. The molecule has 0 heterocycles. The van der Waals surface area contributed by atoms with Crippen molar-refractivity contribution in [2.45, 2.75) is 19.4 Å². The number of aryl methyl sites for hydroxylation is 1. The van der Waals surface area contributed by atoms with E-state index in [4.69, 9.17) is 5.73 Å². The molecule has 1 rings (SSSR count). The van der Waals surface area contributed by atoms with Crippen molar-refractivity contribution >= 4 is 25.8 Å². The standard InChI is InChI=1S/C11H16BrNO2S/c1-8-5-9(7-10(12)6-8)11(13)3-4-16(2,14)15/h5-7,11H,3-4,13H2,1-2H3. The van der Waals surface area contributed by atoms with Gasteiger partial charge in [-0.15, -0.1) is 0 Å². The van der Waals surface area contributed by atoms with Crippen molar-refractivity contribution < 1.29 is 8.42 Å². The third-order valence-corrected chi connectivity index (χ3v) is 3.73. The molecule has 0 bridgehead atoms. The smallest absolute Gasteiger partial charge is 0.147 e. The molecular weight excluding hydrogens is 290 g/mol. The fourth-order valence-corrected chi connectivity index (χ4v) is 2.79. The van der Waals surface area contributed by atoms with Gasteiger partial charge in [-0.1, -0.05) is 22.0 Å². The van der Waals surface area contributed by atoms with Crippen molar-refractivity contribution in [3.05, 3.63) is 33.8 Å². The molecule has 0 aliphatic heterocycles. The Morgan fingerprint density at radius 1 is 1.38 bits per heavy atom. The Kier molecular flexibility index (Phi) is 4.52. The van der Waals surface area contributed by atoms with Crippen LogP contribution in [0.25, 0.3) is 0 Å². The van der Waals surface area contributed by atoms with E-state index in [-0.39, 0.29) is 11.8 Å². The quantitative estimate of drug-likeness (QED) is 0.927. The van der Waals surface area contributed by atoms with E-state index in [1.54, 1.807) is 0 Å². The van der Waals surface area contributed by atoms with Crippen molar-refractivity contribution in [2.24, 2.45) is 5.73 Å². The fraction of sp³-hybridized carbons (Fsp3) is 0.455. The highest BCUT2D eigenvalue weighted by molar-refractivity contribution is 9.10. The Morgan fingerprint density at radius 2 is 2.00 bits per heavy atom. The van der Waals surface area contributed by atoms with Gasteiger partial charge in [0.1, 0.15) is 9.84 Å². The van der Waals surface area contributed by atoms with Crippen LogP contribution in [0.2, 0.25) is 0 Å². The summed E-state index contributed by atoms with van der Waals surface area (Å²) in [6.07, 6.45) is 1.68. The number of rotatable bonds is 4. The molecule has 0 saturated heterocycles. The number of sulfone groups is 1. The molecule has 0 aliphatic rings. The third kappa shape index (κ3) is 4.63. The molecule has 0 amide bonds. The molecule has 90 valence electrons. The number of hydrogen-bond donors (Lipinski definition) is 1. The van der Waals surface area contributed by atoms with Crippen LogP contribution in [0.1, 0.15) is 23.6 Å². The van der Waals surface area contributed by atoms with Crippen LogP contribution in [0, 0.1) is 6.92 Å². The van der Waals surface area contributed by atoms with Gasteiger partial charge < -0.3 is 5.73 Å². The summed E-state index contributed by atoms with van der Waals surface area (Å²) < 4.78 is 23.0. The summed E-state index contributed by atoms with van der Waals surface area (Å²) in [5.41, 5.74) is 8.03. The van der Waals surface area contributed by atoms with Gasteiger partial charge >= 0.3 is 0 Å². The summed E-state index contributed by atoms with van der Waals surface area (Å²) in [7, 11) is -2.94. The van der Waals surface area contributed by atoms with Gasteiger partial charge in [-0.25, -0.2) is 8.42 Å². The van der Waals surface area contributed by atoms with E-state index < -0.39 is 9.84 Å². The first-order valence-corrected chi connectivity index (χ1v) is 7.84. The molecule has 0 fully saturated rings. The van der Waals surface area contributed by atoms with Gasteiger partial charge in [-0.3, -0.25) is 0 Å². The summed E-state index contributed by atoms with van der Waals surface area (Å²) in [5.74, 6) is 0.125. The second-order valence-electron chi connectivity index (χ2n) is 4.09. The molecule has 0 saturated carbocycles. The van der Waals surface area contributed by atoms with Gasteiger partial charge in [-0.2, -0.15) is 0 Å². The number of nitrogens with two attached hydrogens (primary N) is 1. The van der Waals surface area contributed by atoms with E-state index in [2.05, 4.69) is 15.9 Å². The lowest BCUT2D eigenvalue weighted by Gasteiger charge is -2.12. The molecule has 5 heteroatoms. The minimum atomic E-state index is -2.94. The Bertz CT molecular complexity index is 451. The number of hydrogen-bond acceptors (Lipinski definition) is 3. The fourth-order valence-electron chi connectivity index (χ4n) is 1.49. The van der Waals surface area contributed by atoms with Crippen LogP contribution in [0.4, 0.5) is 0 Å². The summed E-state index contributed by atoms with van der Waals surface area (Å²) in [6.45, 7) is 1.98. The third-order valence-electron chi connectivity index (χ3n) is 2.29. The first-order chi connectivity index (χ1) is 7.28. The van der Waals surface area contributed by atoms with Crippen LogP contribution in [0.15, 0.2) is 22.7 Å². The van der Waals surface area contributed by atoms with Gasteiger partial charge in [-0.05, 0) is 36.6 Å². The summed E-state index contributed by atoms with van der Waals surface area (Å²) in [5, 5.41) is 0. The SMILES string of the molecule is Cc1cc(Br)cc(C(N)CCS(C)(=O)=O)c1. The molecule has 0 radical (unpaired) electrons. The first kappa shape index (κ1) is 13.7. The molecule has 0 spiro atoms. The zero-order valence-corrected chi connectivity index (χ0v) is 11.8. The zero-order valence-electron chi connectivity index (χ0n) is 9.40. The average molecular weight is 306 g/mol. The van der Waals surface area contributed by atoms with Gasteiger partial charge in [0.25, 0.3) is 0 Å². The molecule has 0 aliphatic carbocycles. The lowest BCUT2D eigenvalue weighted by molar-refractivity contribution is 0.591. The van der Waals surface area contributed by atoms with E-state index in [0.717, 1.165) is 15.6 Å². The molecule has 0 aromatic heterocycles. The van der Waals surface area contributed by atoms with Gasteiger partial charge in [0.2, 0.25) is 0 Å². The van der Waals surface area contributed by atoms with Crippen LogP contribution >= 0.6 is 15.9 Å². The predicted octanol–water partition coefficient (Wildman–Crippen LogP) is 2.19. The maximum atomic E-state index is 11.0. The molecule has 1 atom stereocenters. The maximum Gasteiger partial charge on any atom is 0.147 e. The summed E-state index contributed by atoms with van der Waals surface area (Å²) >= 11 is 3.40. The van der Waals surface area contributed by atoms with Crippen molar-refractivity contribution in [1.29, 1.82) is 0 Å². The van der Waals surface area contributed by atoms with Gasteiger partial charge in [0, 0.05) is 16.8 Å². The van der Waals surface area contributed by atoms with Crippen molar-refractivity contribution in [1.82, 2.24) is 0 Å². The average Bonchev–Trinajstić information content (AvgIpc) is 2.11. The van der Waals surface area contributed by atoms with E-state index in [0.29, 0.717) is 6.42 Å². The normalized spacial score (nSPS) is 13.8. The highest BCUT2D eigenvalue weighted by Gasteiger charge is 2.11. The lowest BCUT2D eigenvalue weighted by atomic mass is 10.0. The highest BCUT2D eigenvalue weighted by Crippen LogP contribution is 2.21. The van der Waals surface area contributed by atoms with Crippen LogP contribution in [-0.4, -0.2) is 20.4 Å². The van der Waals surface area contributed by atoms with E-state index in [1.165, 1.54) is 6.26 Å². The van der Waals surface area contributed by atoms with E-state index >= 15 is 0 Å². The Labute approximate surface area is 105 Å². The van der Waals surface area contributed by atoms with Crippen LogP contribution in [0.3, 0.4) is 0 Å². The van der Waals surface area contributed by atoms with Crippen molar-refractivity contribution in [3.63, 3.8) is 0 Å². The van der Waals surface area contributed by atoms with E-state index in [9.17, 15) is 8.42 Å². The minimum absolute atomic E-state index is 0.125. The topological polar surface area (TPSA) is 60.2 Å². The van der Waals surface area contributed by atoms with Gasteiger partial charge in [0.15, 0.2) is 0 Å². The van der Waals surface area contributed by atoms with Crippen LogP contribution in [-0.2, 0) is 9.84 Å². The first-order valence-electron chi connectivity index (χ1n) is 4.98. The second kappa shape index (κ2) is 5.29. The lowest BCUT2D eigenvalue weighted by Crippen LogP contribution is -2.15. The summed E-state index contributed by atoms with van der Waals surface area (Å²) in [6, 6.07) is 5.68. The van der Waals surface area contributed by atoms with E-state index in [1.807, 2.05) is 25.1 Å². The molecule has 1 aromatic carbocycles. The monoisotopic (exact) mass is 305 g/mol. The largest absolute Gasteiger partial charge is 0.324 e. The van der Waals surface area contributed by atoms with Crippen molar-refractivity contribution in [2.75, 3.05) is 12.0 Å². The molecule has 1 unspecified atom stereocenters. The number of benzene rings is 1. The highest BCUT2D eigenvalue weighted by atomic mass is 79.9. The van der Waals surface area contributed by atoms with Crippen LogP contribution < -0.4 is 5.73 Å². The Morgan fingerprint density at radius 3 is 2.50 bits per heavy atom. The molecule has 2 N–H and O–H groups in total. The minimum Gasteiger partial charge on any atom is -0.324 e. The molecule has 3 nitrogen and oxygen atoms in total. The second-order valence-corrected chi connectivity index (χ2v) is 7.26. The Balaban J connectivity index is 2.76. The number of halogens is 1. The van der Waals surface area contributed by atoms with Crippen LogP contribution in [0.5, 0.6) is 0 Å². The maximum absolute atomic E-state index is 11.0.